The van der Waals surface area contributed by atoms with Gasteiger partial charge in [-0.05, 0) is 34.1 Å². The first kappa shape index (κ1) is 17.4. The van der Waals surface area contributed by atoms with E-state index < -0.39 is 23.9 Å². The number of nitrogens with zero attached hydrogens (tertiary/aromatic N) is 4. The molecule has 1 aliphatic rings. The highest BCUT2D eigenvalue weighted by atomic mass is 19.1. The lowest BCUT2D eigenvalue weighted by atomic mass is 10.0. The summed E-state index contributed by atoms with van der Waals surface area (Å²) < 4.78 is 19.8. The topological polar surface area (TPSA) is 96.0 Å². The van der Waals surface area contributed by atoms with Crippen LogP contribution in [0.3, 0.4) is 0 Å². The van der Waals surface area contributed by atoms with Gasteiger partial charge >= 0.3 is 6.09 Å². The van der Waals surface area contributed by atoms with E-state index in [2.05, 4.69) is 25.5 Å². The molecule has 2 atom stereocenters. The van der Waals surface area contributed by atoms with Gasteiger partial charge < -0.3 is 15.0 Å². The lowest BCUT2D eigenvalue weighted by Crippen LogP contribution is -2.53. The zero-order chi connectivity index (χ0) is 18.2. The summed E-state index contributed by atoms with van der Waals surface area (Å²) >= 11 is 0. The largest absolute Gasteiger partial charge is 0.444 e. The number of carbonyl (C=O) groups is 1. The van der Waals surface area contributed by atoms with Crippen LogP contribution in [0.25, 0.3) is 11.2 Å². The van der Waals surface area contributed by atoms with Gasteiger partial charge in [-0.2, -0.15) is 5.10 Å². The Labute approximate surface area is 145 Å². The number of ether oxygens (including phenoxy) is 1. The molecular formula is C16H23FN6O2. The molecule has 0 bridgehead atoms. The van der Waals surface area contributed by atoms with Gasteiger partial charge in [-0.3, -0.25) is 5.10 Å². The minimum atomic E-state index is -1.22. The zero-order valence-electron chi connectivity index (χ0n) is 14.8. The number of nitrogens with one attached hydrogen (secondary N) is 2. The van der Waals surface area contributed by atoms with E-state index in [1.54, 1.807) is 27.0 Å². The van der Waals surface area contributed by atoms with Crippen LogP contribution in [0.4, 0.5) is 15.0 Å². The first-order chi connectivity index (χ1) is 11.7. The van der Waals surface area contributed by atoms with Gasteiger partial charge in [0.25, 0.3) is 0 Å². The van der Waals surface area contributed by atoms with E-state index in [1.165, 1.54) is 0 Å². The van der Waals surface area contributed by atoms with Crippen molar-refractivity contribution in [2.45, 2.75) is 51.9 Å². The number of carbonyl (C=O) groups excluding carboxylic acids is 1. The number of hydrogen-bond acceptors (Lipinski definition) is 6. The second-order valence-electron chi connectivity index (χ2n) is 7.24. The van der Waals surface area contributed by atoms with Crippen molar-refractivity contribution in [3.8, 4) is 0 Å². The maximum absolute atomic E-state index is 14.6. The second-order valence-corrected chi connectivity index (χ2v) is 7.24. The molecule has 136 valence electrons. The van der Waals surface area contributed by atoms with E-state index in [9.17, 15) is 9.18 Å². The number of piperidine rings is 1. The third-order valence-corrected chi connectivity index (χ3v) is 3.97. The van der Waals surface area contributed by atoms with Crippen molar-refractivity contribution >= 4 is 23.1 Å². The van der Waals surface area contributed by atoms with Gasteiger partial charge in [0.05, 0.1) is 24.5 Å². The number of aryl methyl sites for hydroxylation is 1. The first-order valence-electron chi connectivity index (χ1n) is 8.29. The maximum Gasteiger partial charge on any atom is 0.407 e. The fourth-order valence-electron chi connectivity index (χ4n) is 2.87. The lowest BCUT2D eigenvalue weighted by Gasteiger charge is -2.36. The Morgan fingerprint density at radius 3 is 2.88 bits per heavy atom. The molecule has 0 spiro atoms. The highest BCUT2D eigenvalue weighted by Gasteiger charge is 2.33. The van der Waals surface area contributed by atoms with E-state index in [1.807, 2.05) is 11.8 Å². The van der Waals surface area contributed by atoms with Gasteiger partial charge in [0.1, 0.15) is 17.3 Å². The number of halogens is 1. The highest BCUT2D eigenvalue weighted by molar-refractivity contribution is 5.71. The van der Waals surface area contributed by atoms with E-state index in [4.69, 9.17) is 4.74 Å². The molecule has 2 aromatic heterocycles. The minimum Gasteiger partial charge on any atom is -0.444 e. The first-order valence-corrected chi connectivity index (χ1v) is 8.29. The van der Waals surface area contributed by atoms with Crippen molar-refractivity contribution < 1.29 is 13.9 Å². The molecule has 0 saturated carbocycles. The molecule has 1 fully saturated rings. The number of hydrogen-bond donors (Lipinski definition) is 2. The van der Waals surface area contributed by atoms with Crippen molar-refractivity contribution in [2.24, 2.45) is 0 Å². The van der Waals surface area contributed by atoms with Crippen LogP contribution in [0.1, 0.15) is 32.9 Å². The molecule has 9 heteroatoms. The average molecular weight is 350 g/mol. The van der Waals surface area contributed by atoms with Crippen molar-refractivity contribution in [1.82, 2.24) is 25.5 Å². The fourth-order valence-corrected chi connectivity index (χ4v) is 2.87. The number of anilines is 1. The number of rotatable bonds is 2. The van der Waals surface area contributed by atoms with Crippen LogP contribution in [0.2, 0.25) is 0 Å². The number of alkyl carbamates (subject to hydrolysis) is 1. The number of aromatic amines is 1. The third kappa shape index (κ3) is 3.97. The van der Waals surface area contributed by atoms with Crippen LogP contribution in [0.15, 0.2) is 6.20 Å². The number of fused-ring (bicyclic) bond motifs is 1. The van der Waals surface area contributed by atoms with Gasteiger partial charge in [0.15, 0.2) is 11.5 Å². The predicted octanol–water partition coefficient (Wildman–Crippen LogP) is 2.10. The number of amides is 1. The summed E-state index contributed by atoms with van der Waals surface area (Å²) in [4.78, 5) is 22.6. The molecule has 2 N–H and O–H groups in total. The Morgan fingerprint density at radius 1 is 1.44 bits per heavy atom. The lowest BCUT2D eigenvalue weighted by molar-refractivity contribution is 0.0463. The Balaban J connectivity index is 1.66. The molecule has 8 nitrogen and oxygen atoms in total. The van der Waals surface area contributed by atoms with Gasteiger partial charge in [0.2, 0.25) is 0 Å². The standard InChI is InChI=1S/C16H23FN6O2/c1-9-14(21-13-12(19-9)7-18-22-13)23-6-5-11(10(17)8-23)20-15(24)25-16(2,3)4/h7,10-11H,5-6,8H2,1-4H3,(H,20,24)(H,18,21,22)/t10-,11+/m1/s1. The van der Waals surface area contributed by atoms with E-state index in [-0.39, 0.29) is 6.54 Å². The highest BCUT2D eigenvalue weighted by Crippen LogP contribution is 2.24. The summed E-state index contributed by atoms with van der Waals surface area (Å²) in [6, 6.07) is -0.574. The summed E-state index contributed by atoms with van der Waals surface area (Å²) in [5.74, 6) is 0.634. The maximum atomic E-state index is 14.6. The normalized spacial score (nSPS) is 21.4. The number of aromatic nitrogens is 4. The van der Waals surface area contributed by atoms with Crippen LogP contribution in [0, 0.1) is 6.92 Å². The number of alkyl halides is 1. The Morgan fingerprint density at radius 2 is 2.20 bits per heavy atom. The molecule has 1 saturated heterocycles. The van der Waals surface area contributed by atoms with E-state index in [0.717, 1.165) is 5.69 Å². The van der Waals surface area contributed by atoms with E-state index >= 15 is 0 Å². The molecule has 25 heavy (non-hydrogen) atoms. The molecule has 0 unspecified atom stereocenters. The molecule has 1 aliphatic heterocycles. The van der Waals surface area contributed by atoms with Gasteiger partial charge in [-0.15, -0.1) is 0 Å². The van der Waals surface area contributed by atoms with Crippen molar-refractivity contribution in [3.05, 3.63) is 11.9 Å². The molecule has 2 aromatic rings. The molecule has 0 aromatic carbocycles. The average Bonchev–Trinajstić information content (AvgIpc) is 2.93. The van der Waals surface area contributed by atoms with Crippen molar-refractivity contribution in [3.63, 3.8) is 0 Å². The summed E-state index contributed by atoms with van der Waals surface area (Å²) in [5, 5.41) is 9.31. The van der Waals surface area contributed by atoms with Crippen molar-refractivity contribution in [2.75, 3.05) is 18.0 Å². The van der Waals surface area contributed by atoms with Gasteiger partial charge in [-0.25, -0.2) is 19.2 Å². The van der Waals surface area contributed by atoms with E-state index in [0.29, 0.717) is 29.9 Å². The molecule has 1 amide bonds. The number of H-pyrrole nitrogens is 1. The smallest absolute Gasteiger partial charge is 0.407 e. The monoisotopic (exact) mass is 350 g/mol. The van der Waals surface area contributed by atoms with Crippen LogP contribution in [0.5, 0.6) is 0 Å². The molecule has 0 aliphatic carbocycles. The third-order valence-electron chi connectivity index (χ3n) is 3.97. The minimum absolute atomic E-state index is 0.135. The van der Waals surface area contributed by atoms with Gasteiger partial charge in [-0.1, -0.05) is 0 Å². The Hall–Kier alpha value is -2.45. The molecule has 0 radical (unpaired) electrons. The Bertz CT molecular complexity index is 772. The Kier molecular flexibility index (Phi) is 4.49. The van der Waals surface area contributed by atoms with Crippen LogP contribution < -0.4 is 10.2 Å². The molecular weight excluding hydrogens is 327 g/mol. The summed E-state index contributed by atoms with van der Waals surface area (Å²) in [6.45, 7) is 7.86. The zero-order valence-corrected chi connectivity index (χ0v) is 14.8. The predicted molar refractivity (Wildman–Crippen MR) is 91.3 cm³/mol. The summed E-state index contributed by atoms with van der Waals surface area (Å²) in [7, 11) is 0. The van der Waals surface area contributed by atoms with Crippen LogP contribution >= 0.6 is 0 Å². The van der Waals surface area contributed by atoms with Crippen molar-refractivity contribution in [1.29, 1.82) is 0 Å². The van der Waals surface area contributed by atoms with Crippen LogP contribution in [-0.4, -0.2) is 57.2 Å². The SMILES string of the molecule is Cc1nc2cn[nH]c2nc1N1CC[C@H](NC(=O)OC(C)(C)C)[C@H](F)C1. The second kappa shape index (κ2) is 6.45. The summed E-state index contributed by atoms with van der Waals surface area (Å²) in [6.07, 6.45) is 0.250. The molecule has 3 heterocycles. The van der Waals surface area contributed by atoms with Crippen LogP contribution in [-0.2, 0) is 4.74 Å². The fraction of sp³-hybridized carbons (Fsp3) is 0.625. The quantitative estimate of drug-likeness (QED) is 0.861. The van der Waals surface area contributed by atoms with Gasteiger partial charge in [0, 0.05) is 6.54 Å². The summed E-state index contributed by atoms with van der Waals surface area (Å²) in [5.41, 5.74) is 1.37. The molecule has 3 rings (SSSR count).